The summed E-state index contributed by atoms with van der Waals surface area (Å²) < 4.78 is 9.73. The van der Waals surface area contributed by atoms with Gasteiger partial charge in [-0.3, -0.25) is 14.5 Å². The van der Waals surface area contributed by atoms with E-state index < -0.39 is 23.9 Å². The van der Waals surface area contributed by atoms with Crippen molar-refractivity contribution in [2.75, 3.05) is 26.3 Å². The Balaban J connectivity index is 4.20. The Bertz CT molecular complexity index is 473. The fraction of sp³-hybridized carbons (Fsp3) is 0.600. The van der Waals surface area contributed by atoms with Crippen molar-refractivity contribution in [1.29, 1.82) is 0 Å². The summed E-state index contributed by atoms with van der Waals surface area (Å²) in [5.41, 5.74) is 0.258. The van der Waals surface area contributed by atoms with E-state index in [4.69, 9.17) is 9.47 Å². The summed E-state index contributed by atoms with van der Waals surface area (Å²) in [6.07, 6.45) is 0. The van der Waals surface area contributed by atoms with Crippen molar-refractivity contribution >= 4 is 23.9 Å². The first kappa shape index (κ1) is 20.6. The van der Waals surface area contributed by atoms with Gasteiger partial charge >= 0.3 is 18.0 Å². The van der Waals surface area contributed by atoms with E-state index in [-0.39, 0.29) is 37.8 Å². The number of urea groups is 1. The van der Waals surface area contributed by atoms with Crippen molar-refractivity contribution in [3.63, 3.8) is 0 Å². The van der Waals surface area contributed by atoms with E-state index in [1.165, 1.54) is 13.8 Å². The normalized spacial score (nSPS) is 9.96. The minimum absolute atomic E-state index is 0.0362. The lowest BCUT2D eigenvalue weighted by atomic mass is 10.2. The number of esters is 2. The summed E-state index contributed by atoms with van der Waals surface area (Å²) in [6.45, 7) is 9.42. The van der Waals surface area contributed by atoms with Crippen LogP contribution in [0.3, 0.4) is 0 Å². The number of hydrogen-bond donors (Lipinski definition) is 1. The monoisotopic (exact) mass is 328 g/mol. The van der Waals surface area contributed by atoms with Crippen molar-refractivity contribution < 1.29 is 28.7 Å². The highest BCUT2D eigenvalue weighted by Gasteiger charge is 2.18. The molecule has 3 amide bonds. The third-order valence-corrected chi connectivity index (χ3v) is 2.62. The van der Waals surface area contributed by atoms with Crippen LogP contribution in [0.15, 0.2) is 12.2 Å². The number of amides is 3. The first-order valence-corrected chi connectivity index (χ1v) is 7.22. The van der Waals surface area contributed by atoms with Crippen molar-refractivity contribution in [3.05, 3.63) is 12.2 Å². The largest absolute Gasteiger partial charge is 0.464 e. The fourth-order valence-electron chi connectivity index (χ4n) is 1.33. The summed E-state index contributed by atoms with van der Waals surface area (Å²) >= 11 is 0. The van der Waals surface area contributed by atoms with Gasteiger partial charge in [-0.25, -0.2) is 9.59 Å². The minimum atomic E-state index is -0.649. The molecule has 0 aromatic carbocycles. The number of ether oxygens (including phenoxy) is 2. The molecule has 0 spiro atoms. The third-order valence-electron chi connectivity index (χ3n) is 2.62. The Morgan fingerprint density at radius 1 is 1.09 bits per heavy atom. The smallest absolute Gasteiger partial charge is 0.333 e. The standard InChI is InChI=1S/C15H24N2O6/c1-10(2)13(19)22-8-6-16-15(21)17(12(5)18)7-9-23-14(20)11(3)4/h11H,1,6-9H2,2-5H3,(H,16,21). The van der Waals surface area contributed by atoms with E-state index in [9.17, 15) is 19.2 Å². The van der Waals surface area contributed by atoms with Gasteiger partial charge in [0, 0.05) is 12.5 Å². The van der Waals surface area contributed by atoms with Crippen LogP contribution in [-0.4, -0.2) is 55.1 Å². The lowest BCUT2D eigenvalue weighted by Gasteiger charge is -2.19. The first-order valence-electron chi connectivity index (χ1n) is 7.22. The van der Waals surface area contributed by atoms with Crippen LogP contribution in [0.4, 0.5) is 4.79 Å². The molecule has 0 unspecified atom stereocenters. The van der Waals surface area contributed by atoms with Gasteiger partial charge in [0.2, 0.25) is 5.91 Å². The van der Waals surface area contributed by atoms with Crippen LogP contribution in [-0.2, 0) is 23.9 Å². The second kappa shape index (κ2) is 10.4. The van der Waals surface area contributed by atoms with Crippen molar-refractivity contribution in [3.8, 4) is 0 Å². The number of nitrogens with zero attached hydrogens (tertiary/aromatic N) is 1. The van der Waals surface area contributed by atoms with E-state index in [0.717, 1.165) is 4.90 Å². The van der Waals surface area contributed by atoms with Gasteiger partial charge in [0.05, 0.1) is 19.0 Å². The van der Waals surface area contributed by atoms with E-state index >= 15 is 0 Å². The van der Waals surface area contributed by atoms with Gasteiger partial charge in [0.15, 0.2) is 0 Å². The molecule has 0 fully saturated rings. The number of hydrogen-bond acceptors (Lipinski definition) is 6. The minimum Gasteiger partial charge on any atom is -0.464 e. The molecule has 130 valence electrons. The van der Waals surface area contributed by atoms with Gasteiger partial charge in [-0.2, -0.15) is 0 Å². The van der Waals surface area contributed by atoms with Gasteiger partial charge in [0.25, 0.3) is 0 Å². The molecular weight excluding hydrogens is 304 g/mol. The summed E-state index contributed by atoms with van der Waals surface area (Å²) in [5, 5.41) is 2.44. The molecule has 0 rings (SSSR count). The molecule has 0 saturated heterocycles. The molecule has 0 bridgehead atoms. The Hall–Kier alpha value is -2.38. The maximum absolute atomic E-state index is 11.9. The molecule has 8 nitrogen and oxygen atoms in total. The fourth-order valence-corrected chi connectivity index (χ4v) is 1.33. The Kier molecular flexibility index (Phi) is 9.29. The number of carbonyl (C=O) groups excluding carboxylic acids is 4. The van der Waals surface area contributed by atoms with Gasteiger partial charge in [0.1, 0.15) is 13.2 Å². The molecule has 23 heavy (non-hydrogen) atoms. The molecular formula is C15H24N2O6. The average molecular weight is 328 g/mol. The van der Waals surface area contributed by atoms with E-state index in [1.807, 2.05) is 0 Å². The van der Waals surface area contributed by atoms with Gasteiger partial charge in [-0.05, 0) is 6.92 Å². The highest BCUT2D eigenvalue weighted by Crippen LogP contribution is 1.98. The second-order valence-electron chi connectivity index (χ2n) is 5.14. The predicted molar refractivity (Wildman–Crippen MR) is 82.4 cm³/mol. The zero-order valence-electron chi connectivity index (χ0n) is 14.0. The van der Waals surface area contributed by atoms with Crippen LogP contribution < -0.4 is 5.32 Å². The Morgan fingerprint density at radius 2 is 1.70 bits per heavy atom. The molecule has 0 heterocycles. The maximum Gasteiger partial charge on any atom is 0.333 e. The maximum atomic E-state index is 11.9. The second-order valence-corrected chi connectivity index (χ2v) is 5.14. The summed E-state index contributed by atoms with van der Waals surface area (Å²) in [6, 6.07) is -0.649. The van der Waals surface area contributed by atoms with Gasteiger partial charge in [-0.1, -0.05) is 20.4 Å². The molecule has 0 aromatic heterocycles. The van der Waals surface area contributed by atoms with Crippen LogP contribution in [0.25, 0.3) is 0 Å². The van der Waals surface area contributed by atoms with Gasteiger partial charge < -0.3 is 14.8 Å². The van der Waals surface area contributed by atoms with E-state index in [0.29, 0.717) is 0 Å². The summed E-state index contributed by atoms with van der Waals surface area (Å²) in [5.74, 6) is -1.72. The molecule has 1 N–H and O–H groups in total. The molecule has 0 aliphatic rings. The van der Waals surface area contributed by atoms with Crippen LogP contribution in [0, 0.1) is 5.92 Å². The SMILES string of the molecule is C=C(C)C(=O)OCCNC(=O)N(CCOC(=O)C(C)C)C(C)=O. The highest BCUT2D eigenvalue weighted by molar-refractivity contribution is 5.93. The van der Waals surface area contributed by atoms with Crippen molar-refractivity contribution in [2.24, 2.45) is 5.92 Å². The lowest BCUT2D eigenvalue weighted by Crippen LogP contribution is -2.45. The molecule has 0 atom stereocenters. The van der Waals surface area contributed by atoms with Crippen LogP contribution >= 0.6 is 0 Å². The van der Waals surface area contributed by atoms with Crippen molar-refractivity contribution in [2.45, 2.75) is 27.7 Å². The topological polar surface area (TPSA) is 102 Å². The Morgan fingerprint density at radius 3 is 2.17 bits per heavy atom. The molecule has 0 aliphatic heterocycles. The molecule has 0 radical (unpaired) electrons. The van der Waals surface area contributed by atoms with Crippen LogP contribution in [0.5, 0.6) is 0 Å². The lowest BCUT2D eigenvalue weighted by molar-refractivity contribution is -0.148. The molecule has 0 aromatic rings. The molecule has 0 saturated carbocycles. The first-order chi connectivity index (χ1) is 10.7. The highest BCUT2D eigenvalue weighted by atomic mass is 16.5. The van der Waals surface area contributed by atoms with Crippen LogP contribution in [0.2, 0.25) is 0 Å². The number of nitrogens with one attached hydrogen (secondary N) is 1. The summed E-state index contributed by atoms with van der Waals surface area (Å²) in [7, 11) is 0. The Labute approximate surface area is 135 Å². The van der Waals surface area contributed by atoms with E-state index in [2.05, 4.69) is 11.9 Å². The van der Waals surface area contributed by atoms with Gasteiger partial charge in [-0.15, -0.1) is 0 Å². The van der Waals surface area contributed by atoms with Crippen molar-refractivity contribution in [1.82, 2.24) is 10.2 Å². The molecule has 8 heteroatoms. The number of rotatable bonds is 8. The molecule has 0 aliphatic carbocycles. The quantitative estimate of drug-likeness (QED) is 0.403. The average Bonchev–Trinajstić information content (AvgIpc) is 2.46. The third kappa shape index (κ3) is 8.60. The predicted octanol–water partition coefficient (Wildman–Crippen LogP) is 0.863. The number of imide groups is 1. The van der Waals surface area contributed by atoms with Crippen LogP contribution in [0.1, 0.15) is 27.7 Å². The zero-order valence-corrected chi connectivity index (χ0v) is 14.0. The summed E-state index contributed by atoms with van der Waals surface area (Å²) in [4.78, 5) is 46.7. The number of carbonyl (C=O) groups is 4. The van der Waals surface area contributed by atoms with E-state index in [1.54, 1.807) is 13.8 Å². The zero-order chi connectivity index (χ0) is 18.0.